The molecule has 3 aromatic carbocycles. The van der Waals surface area contributed by atoms with Gasteiger partial charge in [0.15, 0.2) is 0 Å². The van der Waals surface area contributed by atoms with Crippen molar-refractivity contribution in [1.82, 2.24) is 9.91 Å². The highest BCUT2D eigenvalue weighted by Gasteiger charge is 2.33. The molecule has 0 aliphatic carbocycles. The number of amides is 2. The Morgan fingerprint density at radius 1 is 1.03 bits per heavy atom. The van der Waals surface area contributed by atoms with Crippen LogP contribution in [0.5, 0.6) is 5.75 Å². The lowest BCUT2D eigenvalue weighted by molar-refractivity contribution is -0.134. The Labute approximate surface area is 209 Å². The van der Waals surface area contributed by atoms with Crippen molar-refractivity contribution >= 4 is 34.8 Å². The Kier molecular flexibility index (Phi) is 7.80. The molecular weight excluding hydrogens is 464 g/mol. The summed E-state index contributed by atoms with van der Waals surface area (Å²) >= 11 is 5.89. The summed E-state index contributed by atoms with van der Waals surface area (Å²) in [5.41, 5.74) is 3.45. The highest BCUT2D eigenvalue weighted by Crippen LogP contribution is 2.33. The number of anilines is 1. The SMILES string of the molecule is COc1ccc([C@@H]2CC(c3ccccc3)=NN2C(=O)CN(C)CC(=O)Nc2ccc(Cl)cc2)cc1. The maximum Gasteiger partial charge on any atom is 0.257 e. The number of carbonyl (C=O) groups is 2. The maximum atomic E-state index is 13.3. The van der Waals surface area contributed by atoms with Crippen molar-refractivity contribution in [2.75, 3.05) is 32.6 Å². The summed E-state index contributed by atoms with van der Waals surface area (Å²) in [7, 11) is 3.36. The first-order valence-electron chi connectivity index (χ1n) is 11.3. The standard InChI is InChI=1S/C27H27ClN4O3/c1-31(17-26(33)29-22-12-10-21(28)11-13-22)18-27(34)32-25(20-8-14-23(35-2)15-9-20)16-24(30-32)19-6-4-3-5-7-19/h3-15,25H,16-18H2,1-2H3,(H,29,33)/t25-/m0/s1. The number of likely N-dealkylation sites (N-methyl/N-ethyl adjacent to an activating group) is 1. The zero-order chi connectivity index (χ0) is 24.8. The molecule has 0 spiro atoms. The van der Waals surface area contributed by atoms with Crippen molar-refractivity contribution in [1.29, 1.82) is 0 Å². The van der Waals surface area contributed by atoms with E-state index < -0.39 is 0 Å². The van der Waals surface area contributed by atoms with Crippen molar-refractivity contribution < 1.29 is 14.3 Å². The number of rotatable bonds is 8. The Hall–Kier alpha value is -3.68. The highest BCUT2D eigenvalue weighted by atomic mass is 35.5. The largest absolute Gasteiger partial charge is 0.497 e. The zero-order valence-electron chi connectivity index (χ0n) is 19.6. The van der Waals surface area contributed by atoms with E-state index in [0.717, 1.165) is 22.6 Å². The average Bonchev–Trinajstić information content (AvgIpc) is 3.32. The summed E-state index contributed by atoms with van der Waals surface area (Å²) in [6, 6.07) is 24.2. The molecule has 0 fully saturated rings. The van der Waals surface area contributed by atoms with E-state index in [1.807, 2.05) is 54.6 Å². The molecule has 1 aliphatic heterocycles. The number of nitrogens with one attached hydrogen (secondary N) is 1. The molecule has 1 heterocycles. The third-order valence-corrected chi connectivity index (χ3v) is 5.97. The quantitative estimate of drug-likeness (QED) is 0.501. The first-order chi connectivity index (χ1) is 16.9. The van der Waals surface area contributed by atoms with Crippen molar-refractivity contribution in [2.24, 2.45) is 5.10 Å². The van der Waals surface area contributed by atoms with Crippen LogP contribution in [0.15, 0.2) is 84.0 Å². The van der Waals surface area contributed by atoms with Gasteiger partial charge in [0.2, 0.25) is 5.91 Å². The summed E-state index contributed by atoms with van der Waals surface area (Å²) in [4.78, 5) is 27.4. The summed E-state index contributed by atoms with van der Waals surface area (Å²) in [6.07, 6.45) is 0.600. The van der Waals surface area contributed by atoms with E-state index in [1.165, 1.54) is 5.01 Å². The molecule has 3 aromatic rings. The van der Waals surface area contributed by atoms with E-state index in [2.05, 4.69) is 5.32 Å². The lowest BCUT2D eigenvalue weighted by Gasteiger charge is -2.24. The van der Waals surface area contributed by atoms with Crippen LogP contribution in [0, 0.1) is 0 Å². The van der Waals surface area contributed by atoms with Gasteiger partial charge in [-0.15, -0.1) is 0 Å². The lowest BCUT2D eigenvalue weighted by Crippen LogP contribution is -2.39. The van der Waals surface area contributed by atoms with Crippen molar-refractivity contribution in [3.63, 3.8) is 0 Å². The minimum Gasteiger partial charge on any atom is -0.497 e. The molecule has 2 amide bonds. The van der Waals surface area contributed by atoms with E-state index in [9.17, 15) is 9.59 Å². The molecular formula is C27H27ClN4O3. The summed E-state index contributed by atoms with van der Waals surface area (Å²) in [5, 5.41) is 9.64. The Balaban J connectivity index is 1.46. The molecule has 8 heteroatoms. The fourth-order valence-electron chi connectivity index (χ4n) is 3.97. The number of benzene rings is 3. The second-order valence-electron chi connectivity index (χ2n) is 8.37. The van der Waals surface area contributed by atoms with Gasteiger partial charge in [-0.3, -0.25) is 14.5 Å². The highest BCUT2D eigenvalue weighted by molar-refractivity contribution is 6.30. The monoisotopic (exact) mass is 490 g/mol. The lowest BCUT2D eigenvalue weighted by atomic mass is 9.98. The van der Waals surface area contributed by atoms with Crippen LogP contribution in [0.25, 0.3) is 0 Å². The van der Waals surface area contributed by atoms with Crippen molar-refractivity contribution in [2.45, 2.75) is 12.5 Å². The van der Waals surface area contributed by atoms with E-state index in [4.69, 9.17) is 21.4 Å². The van der Waals surface area contributed by atoms with Crippen LogP contribution in [-0.4, -0.2) is 54.7 Å². The number of hydrazone groups is 1. The predicted molar refractivity (Wildman–Crippen MR) is 138 cm³/mol. The third-order valence-electron chi connectivity index (χ3n) is 5.72. The van der Waals surface area contributed by atoms with Gasteiger partial charge in [-0.05, 0) is 54.6 Å². The van der Waals surface area contributed by atoms with Gasteiger partial charge in [-0.2, -0.15) is 5.10 Å². The van der Waals surface area contributed by atoms with Crippen LogP contribution in [0.2, 0.25) is 5.02 Å². The molecule has 0 saturated carbocycles. The molecule has 0 bridgehead atoms. The van der Waals surface area contributed by atoms with Crippen LogP contribution in [0.1, 0.15) is 23.6 Å². The summed E-state index contributed by atoms with van der Waals surface area (Å²) in [6.45, 7) is 0.108. The molecule has 7 nitrogen and oxygen atoms in total. The molecule has 1 N–H and O–H groups in total. The normalized spacial score (nSPS) is 15.1. The molecule has 0 saturated heterocycles. The van der Waals surface area contributed by atoms with Crippen LogP contribution in [0.4, 0.5) is 5.69 Å². The van der Waals surface area contributed by atoms with Gasteiger partial charge < -0.3 is 10.1 Å². The first-order valence-corrected chi connectivity index (χ1v) is 11.6. The first kappa shape index (κ1) is 24.4. The number of halogens is 1. The van der Waals surface area contributed by atoms with E-state index >= 15 is 0 Å². The molecule has 0 aromatic heterocycles. The Morgan fingerprint density at radius 3 is 2.37 bits per heavy atom. The molecule has 180 valence electrons. The zero-order valence-corrected chi connectivity index (χ0v) is 20.4. The van der Waals surface area contributed by atoms with Crippen molar-refractivity contribution in [3.8, 4) is 5.75 Å². The van der Waals surface area contributed by atoms with Crippen LogP contribution >= 0.6 is 11.6 Å². The predicted octanol–water partition coefficient (Wildman–Crippen LogP) is 4.60. The molecule has 0 radical (unpaired) electrons. The van der Waals surface area contributed by atoms with E-state index in [1.54, 1.807) is 43.3 Å². The van der Waals surface area contributed by atoms with Crippen LogP contribution < -0.4 is 10.1 Å². The smallest absolute Gasteiger partial charge is 0.257 e. The summed E-state index contributed by atoms with van der Waals surface area (Å²) < 4.78 is 5.27. The van der Waals surface area contributed by atoms with E-state index in [-0.39, 0.29) is 30.9 Å². The van der Waals surface area contributed by atoms with Gasteiger partial charge in [-0.1, -0.05) is 54.1 Å². The van der Waals surface area contributed by atoms with Crippen molar-refractivity contribution in [3.05, 3.63) is 95.0 Å². The minimum atomic E-state index is -0.236. The average molecular weight is 491 g/mol. The second kappa shape index (κ2) is 11.2. The van der Waals surface area contributed by atoms with E-state index in [0.29, 0.717) is 17.1 Å². The van der Waals surface area contributed by atoms with Gasteiger partial charge in [0, 0.05) is 17.1 Å². The number of hydrogen-bond donors (Lipinski definition) is 1. The number of nitrogens with zero attached hydrogens (tertiary/aromatic N) is 3. The van der Waals surface area contributed by atoms with Crippen LogP contribution in [0.3, 0.4) is 0 Å². The fraction of sp³-hybridized carbons (Fsp3) is 0.222. The Morgan fingerprint density at radius 2 is 1.71 bits per heavy atom. The fourth-order valence-corrected chi connectivity index (χ4v) is 4.10. The molecule has 35 heavy (non-hydrogen) atoms. The van der Waals surface area contributed by atoms with Gasteiger partial charge >= 0.3 is 0 Å². The number of hydrogen-bond acceptors (Lipinski definition) is 5. The second-order valence-corrected chi connectivity index (χ2v) is 8.81. The summed E-state index contributed by atoms with van der Waals surface area (Å²) in [5.74, 6) is 0.350. The minimum absolute atomic E-state index is 0.0479. The van der Waals surface area contributed by atoms with Gasteiger partial charge in [0.1, 0.15) is 5.75 Å². The topological polar surface area (TPSA) is 74.2 Å². The van der Waals surface area contributed by atoms with Crippen LogP contribution in [-0.2, 0) is 9.59 Å². The maximum absolute atomic E-state index is 13.3. The third kappa shape index (κ3) is 6.26. The molecule has 4 rings (SSSR count). The van der Waals surface area contributed by atoms with Gasteiger partial charge in [0.05, 0.1) is 32.0 Å². The number of methoxy groups -OCH3 is 1. The Bertz CT molecular complexity index is 1200. The number of ether oxygens (including phenoxy) is 1. The number of carbonyl (C=O) groups excluding carboxylic acids is 2. The molecule has 1 aliphatic rings. The van der Waals surface area contributed by atoms with Gasteiger partial charge in [-0.25, -0.2) is 5.01 Å². The van der Waals surface area contributed by atoms with Gasteiger partial charge in [0.25, 0.3) is 5.91 Å². The molecule has 0 unspecified atom stereocenters. The molecule has 1 atom stereocenters.